The van der Waals surface area contributed by atoms with Crippen LogP contribution in [0, 0.1) is 0 Å². The van der Waals surface area contributed by atoms with Crippen molar-refractivity contribution in [2.75, 3.05) is 14.2 Å². The quantitative estimate of drug-likeness (QED) is 0.503. The number of nitrogens with zero attached hydrogens (tertiary/aromatic N) is 7. The molecule has 1 aromatic carbocycles. The van der Waals surface area contributed by atoms with Crippen LogP contribution in [-0.2, 0) is 19.5 Å². The molecule has 1 aliphatic heterocycles. The predicted molar refractivity (Wildman–Crippen MR) is 99.8 cm³/mol. The van der Waals surface area contributed by atoms with Gasteiger partial charge in [-0.2, -0.15) is 4.98 Å². The first-order valence-electron chi connectivity index (χ1n) is 9.18. The molecule has 0 saturated heterocycles. The number of oxazole rings is 1. The number of hydrogen-bond acceptors (Lipinski definition) is 9. The third-order valence-electron chi connectivity index (χ3n) is 4.99. The van der Waals surface area contributed by atoms with Crippen LogP contribution in [0.1, 0.15) is 29.3 Å². The summed E-state index contributed by atoms with van der Waals surface area (Å²) in [4.78, 5) is 11.2. The van der Waals surface area contributed by atoms with Crippen LogP contribution in [0.3, 0.4) is 0 Å². The average molecular weight is 393 g/mol. The van der Waals surface area contributed by atoms with Crippen molar-refractivity contribution in [3.8, 4) is 17.2 Å². The van der Waals surface area contributed by atoms with Crippen LogP contribution in [-0.4, -0.2) is 48.9 Å². The maximum Gasteiger partial charge on any atom is 0.245 e. The van der Waals surface area contributed by atoms with Crippen LogP contribution in [0.2, 0.25) is 0 Å². The van der Waals surface area contributed by atoms with E-state index in [0.29, 0.717) is 37.1 Å². The number of rotatable bonds is 5. The molecule has 3 aromatic heterocycles. The Morgan fingerprint density at radius 2 is 2.07 bits per heavy atom. The first-order valence-corrected chi connectivity index (χ1v) is 9.18. The fraction of sp³-hybridized carbons (Fsp3) is 0.316. The molecule has 1 unspecified atom stereocenters. The molecule has 5 rings (SSSR count). The normalized spacial score (nSPS) is 16.7. The number of ether oxygens (including phenoxy) is 1. The highest BCUT2D eigenvalue weighted by molar-refractivity contribution is 5.54. The zero-order valence-corrected chi connectivity index (χ0v) is 16.0. The molecule has 0 amide bonds. The summed E-state index contributed by atoms with van der Waals surface area (Å²) in [5.41, 5.74) is 1.61. The smallest absolute Gasteiger partial charge is 0.245 e. The number of likely N-dealkylation sites (N-methyl/N-ethyl adjacent to an activating group) is 1. The summed E-state index contributed by atoms with van der Waals surface area (Å²) in [6, 6.07) is 7.52. The highest BCUT2D eigenvalue weighted by Crippen LogP contribution is 2.27. The van der Waals surface area contributed by atoms with Crippen molar-refractivity contribution in [3.63, 3.8) is 0 Å². The number of fused-ring (bicyclic) bond motifs is 1. The first kappa shape index (κ1) is 17.6. The van der Waals surface area contributed by atoms with Crippen molar-refractivity contribution in [1.82, 2.24) is 34.8 Å². The predicted octanol–water partition coefficient (Wildman–Crippen LogP) is 2.10. The summed E-state index contributed by atoms with van der Waals surface area (Å²) in [6.07, 6.45) is 3.77. The summed E-state index contributed by atoms with van der Waals surface area (Å²) in [7, 11) is 3.64. The third-order valence-corrected chi connectivity index (χ3v) is 4.99. The molecule has 0 fully saturated rings. The van der Waals surface area contributed by atoms with E-state index in [2.05, 4.69) is 30.2 Å². The Balaban J connectivity index is 1.30. The lowest BCUT2D eigenvalue weighted by Gasteiger charge is -2.29. The minimum absolute atomic E-state index is 0.0214. The van der Waals surface area contributed by atoms with Gasteiger partial charge in [0.15, 0.2) is 5.82 Å². The fourth-order valence-corrected chi connectivity index (χ4v) is 3.37. The van der Waals surface area contributed by atoms with E-state index in [1.54, 1.807) is 19.7 Å². The van der Waals surface area contributed by atoms with Crippen LogP contribution in [0.25, 0.3) is 11.5 Å². The van der Waals surface area contributed by atoms with E-state index in [9.17, 15) is 0 Å². The van der Waals surface area contributed by atoms with Gasteiger partial charge in [-0.3, -0.25) is 4.90 Å². The van der Waals surface area contributed by atoms with E-state index in [0.717, 1.165) is 22.8 Å². The van der Waals surface area contributed by atoms with Crippen LogP contribution in [0.5, 0.6) is 5.75 Å². The maximum atomic E-state index is 5.60. The van der Waals surface area contributed by atoms with Crippen molar-refractivity contribution >= 4 is 0 Å². The van der Waals surface area contributed by atoms with Gasteiger partial charge < -0.3 is 18.2 Å². The van der Waals surface area contributed by atoms with E-state index >= 15 is 0 Å². The molecule has 1 atom stereocenters. The Labute approximate surface area is 166 Å². The average Bonchev–Trinajstić information content (AvgIpc) is 3.48. The maximum absolute atomic E-state index is 5.60. The molecule has 1 aliphatic rings. The van der Waals surface area contributed by atoms with E-state index < -0.39 is 0 Å². The molecule has 10 heteroatoms. The zero-order chi connectivity index (χ0) is 19.8. The minimum Gasteiger partial charge on any atom is -0.497 e. The van der Waals surface area contributed by atoms with Gasteiger partial charge in [-0.05, 0) is 31.3 Å². The van der Waals surface area contributed by atoms with Crippen LogP contribution in [0.15, 0.2) is 45.8 Å². The highest BCUT2D eigenvalue weighted by atomic mass is 16.5. The van der Waals surface area contributed by atoms with E-state index in [4.69, 9.17) is 13.7 Å². The topological polar surface area (TPSA) is 108 Å². The Morgan fingerprint density at radius 3 is 2.90 bits per heavy atom. The van der Waals surface area contributed by atoms with Crippen LogP contribution in [0.4, 0.5) is 0 Å². The lowest BCUT2D eigenvalue weighted by molar-refractivity contribution is 0.139. The summed E-state index contributed by atoms with van der Waals surface area (Å²) in [6.45, 7) is 1.35. The van der Waals surface area contributed by atoms with Gasteiger partial charge in [0.2, 0.25) is 11.8 Å². The van der Waals surface area contributed by atoms with Crippen molar-refractivity contribution in [1.29, 1.82) is 0 Å². The Hall–Kier alpha value is -3.53. The summed E-state index contributed by atoms with van der Waals surface area (Å²) < 4.78 is 18.3. The second-order valence-electron chi connectivity index (χ2n) is 6.93. The van der Waals surface area contributed by atoms with E-state index in [1.807, 2.05) is 35.9 Å². The van der Waals surface area contributed by atoms with Gasteiger partial charge in [-0.25, -0.2) is 4.98 Å². The Bertz CT molecular complexity index is 1120. The molecule has 148 valence electrons. The van der Waals surface area contributed by atoms with Gasteiger partial charge in [0, 0.05) is 12.1 Å². The molecule has 0 saturated carbocycles. The van der Waals surface area contributed by atoms with Crippen LogP contribution >= 0.6 is 0 Å². The van der Waals surface area contributed by atoms with E-state index in [-0.39, 0.29) is 6.04 Å². The van der Waals surface area contributed by atoms with Gasteiger partial charge in [0.25, 0.3) is 0 Å². The SMILES string of the molecule is COc1ccc(-c2nc(Cc3noc(C4Cn5cnnc5CN4C)n3)co2)cc1. The summed E-state index contributed by atoms with van der Waals surface area (Å²) >= 11 is 0. The molecule has 0 spiro atoms. The molecular formula is C19H19N7O3. The molecule has 0 N–H and O–H groups in total. The minimum atomic E-state index is -0.0214. The standard InChI is InChI=1S/C19H19N7O3/c1-25-9-17-23-20-11-26(17)8-15(25)19-22-16(24-29-19)7-13-10-28-18(21-13)12-3-5-14(27-2)6-4-12/h3-6,10-11,15H,7-9H2,1-2H3. The Morgan fingerprint density at radius 1 is 1.21 bits per heavy atom. The highest BCUT2D eigenvalue weighted by Gasteiger charge is 2.30. The van der Waals surface area contributed by atoms with Gasteiger partial charge in [-0.15, -0.1) is 10.2 Å². The monoisotopic (exact) mass is 393 g/mol. The molecule has 29 heavy (non-hydrogen) atoms. The largest absolute Gasteiger partial charge is 0.497 e. The summed E-state index contributed by atoms with van der Waals surface area (Å²) in [5.74, 6) is 3.39. The molecule has 0 aliphatic carbocycles. The fourth-order valence-electron chi connectivity index (χ4n) is 3.37. The van der Waals surface area contributed by atoms with Crippen molar-refractivity contribution < 1.29 is 13.7 Å². The van der Waals surface area contributed by atoms with Gasteiger partial charge in [0.05, 0.1) is 25.8 Å². The second-order valence-corrected chi connectivity index (χ2v) is 6.93. The Kier molecular flexibility index (Phi) is 4.32. The molecular weight excluding hydrogens is 374 g/mol. The summed E-state index contributed by atoms with van der Waals surface area (Å²) in [5, 5.41) is 12.2. The van der Waals surface area contributed by atoms with Crippen molar-refractivity contribution in [2.24, 2.45) is 0 Å². The molecule has 0 radical (unpaired) electrons. The molecule has 0 bridgehead atoms. The molecule has 4 heterocycles. The molecule has 10 nitrogen and oxygen atoms in total. The van der Waals surface area contributed by atoms with Gasteiger partial charge in [0.1, 0.15) is 30.2 Å². The second kappa shape index (κ2) is 7.13. The van der Waals surface area contributed by atoms with Crippen molar-refractivity contribution in [3.05, 3.63) is 60.1 Å². The van der Waals surface area contributed by atoms with Crippen LogP contribution < -0.4 is 4.74 Å². The van der Waals surface area contributed by atoms with Gasteiger partial charge in [-0.1, -0.05) is 5.16 Å². The van der Waals surface area contributed by atoms with Gasteiger partial charge >= 0.3 is 0 Å². The van der Waals surface area contributed by atoms with Crippen molar-refractivity contribution in [2.45, 2.75) is 25.6 Å². The number of benzene rings is 1. The first-order chi connectivity index (χ1) is 14.2. The third kappa shape index (κ3) is 3.38. The zero-order valence-electron chi connectivity index (χ0n) is 16.0. The number of aromatic nitrogens is 6. The number of hydrogen-bond donors (Lipinski definition) is 0. The lowest BCUT2D eigenvalue weighted by atomic mass is 10.2. The van der Waals surface area contributed by atoms with E-state index in [1.165, 1.54) is 0 Å². The number of methoxy groups -OCH3 is 1. The lowest BCUT2D eigenvalue weighted by Crippen LogP contribution is -2.34. The molecule has 4 aromatic rings.